The van der Waals surface area contributed by atoms with Crippen LogP contribution in [0.1, 0.15) is 17.2 Å². The van der Waals surface area contributed by atoms with Crippen LogP contribution in [0.5, 0.6) is 0 Å². The third-order valence-corrected chi connectivity index (χ3v) is 4.15. The van der Waals surface area contributed by atoms with E-state index in [0.717, 1.165) is 0 Å². The molecule has 2 aromatic heterocycles. The van der Waals surface area contributed by atoms with E-state index in [1.165, 1.54) is 21.2 Å². The Kier molecular flexibility index (Phi) is 2.89. The summed E-state index contributed by atoms with van der Waals surface area (Å²) in [6, 6.07) is 8.73. The van der Waals surface area contributed by atoms with Crippen LogP contribution in [0, 0.1) is 0 Å². The van der Waals surface area contributed by atoms with Crippen LogP contribution in [0.25, 0.3) is 10.1 Å². The van der Waals surface area contributed by atoms with Gasteiger partial charge in [0.25, 0.3) is 0 Å². The fourth-order valence-electron chi connectivity index (χ4n) is 2.31. The van der Waals surface area contributed by atoms with Gasteiger partial charge in [-0.15, -0.1) is 11.3 Å². The van der Waals surface area contributed by atoms with Crippen LogP contribution >= 0.6 is 11.3 Å². The van der Waals surface area contributed by atoms with E-state index in [4.69, 9.17) is 0 Å². The molecular formula is C14H15N3S. The number of hydrogen-bond donors (Lipinski definition) is 1. The Labute approximate surface area is 110 Å². The van der Waals surface area contributed by atoms with Crippen LogP contribution in [-0.4, -0.2) is 16.8 Å². The molecule has 1 atom stereocenters. The van der Waals surface area contributed by atoms with E-state index in [9.17, 15) is 0 Å². The Morgan fingerprint density at radius 3 is 2.89 bits per heavy atom. The first-order valence-corrected chi connectivity index (χ1v) is 6.79. The number of nitrogens with zero attached hydrogens (tertiary/aromatic N) is 2. The largest absolute Gasteiger partial charge is 0.309 e. The molecule has 18 heavy (non-hydrogen) atoms. The summed E-state index contributed by atoms with van der Waals surface area (Å²) in [6.07, 6.45) is 3.99. The van der Waals surface area contributed by atoms with Crippen LogP contribution in [0.2, 0.25) is 0 Å². The highest BCUT2D eigenvalue weighted by molar-refractivity contribution is 7.17. The van der Waals surface area contributed by atoms with E-state index in [1.807, 2.05) is 25.0 Å². The second kappa shape index (κ2) is 4.55. The minimum atomic E-state index is 0.204. The molecule has 2 heterocycles. The zero-order valence-electron chi connectivity index (χ0n) is 10.4. The second-order valence-electron chi connectivity index (χ2n) is 4.36. The fraction of sp³-hybridized carbons (Fsp3) is 0.214. The first-order valence-electron chi connectivity index (χ1n) is 5.91. The molecule has 0 aliphatic heterocycles. The van der Waals surface area contributed by atoms with Gasteiger partial charge in [-0.1, -0.05) is 18.2 Å². The summed E-state index contributed by atoms with van der Waals surface area (Å²) in [7, 11) is 3.94. The summed E-state index contributed by atoms with van der Waals surface area (Å²) in [6.45, 7) is 0. The quantitative estimate of drug-likeness (QED) is 0.782. The average molecular weight is 257 g/mol. The number of nitrogens with one attached hydrogen (secondary N) is 1. The maximum Gasteiger partial charge on any atom is 0.0619 e. The molecule has 4 heteroatoms. The summed E-state index contributed by atoms with van der Waals surface area (Å²) >= 11 is 1.79. The molecule has 92 valence electrons. The van der Waals surface area contributed by atoms with Crippen molar-refractivity contribution in [2.24, 2.45) is 7.05 Å². The lowest BCUT2D eigenvalue weighted by molar-refractivity contribution is 0.696. The molecule has 0 aliphatic rings. The van der Waals surface area contributed by atoms with E-state index < -0.39 is 0 Å². The maximum absolute atomic E-state index is 4.26. The predicted molar refractivity (Wildman–Crippen MR) is 75.9 cm³/mol. The lowest BCUT2D eigenvalue weighted by atomic mass is 10.0. The van der Waals surface area contributed by atoms with Crippen molar-refractivity contribution in [1.29, 1.82) is 0 Å². The van der Waals surface area contributed by atoms with E-state index in [0.29, 0.717) is 0 Å². The van der Waals surface area contributed by atoms with Crippen molar-refractivity contribution in [3.8, 4) is 0 Å². The highest BCUT2D eigenvalue weighted by Crippen LogP contribution is 2.33. The third kappa shape index (κ3) is 1.83. The summed E-state index contributed by atoms with van der Waals surface area (Å²) in [5.74, 6) is 0. The third-order valence-electron chi connectivity index (χ3n) is 3.17. The number of rotatable bonds is 3. The lowest BCUT2D eigenvalue weighted by Crippen LogP contribution is -2.16. The molecule has 0 amide bonds. The van der Waals surface area contributed by atoms with Gasteiger partial charge in [-0.3, -0.25) is 4.68 Å². The Balaban J connectivity index is 2.11. The number of aromatic nitrogens is 2. The molecule has 0 spiro atoms. The van der Waals surface area contributed by atoms with Crippen LogP contribution in [0.3, 0.4) is 0 Å². The second-order valence-corrected chi connectivity index (χ2v) is 5.27. The van der Waals surface area contributed by atoms with Gasteiger partial charge in [0.15, 0.2) is 0 Å². The molecule has 1 unspecified atom stereocenters. The molecule has 3 aromatic rings. The lowest BCUT2D eigenvalue weighted by Gasteiger charge is -2.13. The van der Waals surface area contributed by atoms with Gasteiger partial charge in [0.05, 0.1) is 12.2 Å². The van der Waals surface area contributed by atoms with E-state index in [-0.39, 0.29) is 6.04 Å². The first kappa shape index (κ1) is 11.4. The summed E-state index contributed by atoms with van der Waals surface area (Å²) in [5, 5.41) is 11.2. The molecular weight excluding hydrogens is 242 g/mol. The standard InChI is InChI=1S/C14H15N3S/c1-15-14(10-7-16-17(2)8-10)12-9-18-13-6-4-3-5-11(12)13/h3-9,14-15H,1-2H3. The molecule has 0 saturated carbocycles. The number of hydrogen-bond acceptors (Lipinski definition) is 3. The van der Waals surface area contributed by atoms with Gasteiger partial charge in [0.1, 0.15) is 0 Å². The number of aryl methyl sites for hydroxylation is 1. The molecule has 0 bridgehead atoms. The summed E-state index contributed by atoms with van der Waals surface area (Å²) in [4.78, 5) is 0. The van der Waals surface area contributed by atoms with Crippen molar-refractivity contribution in [3.05, 3.63) is 53.2 Å². The Morgan fingerprint density at radius 2 is 2.17 bits per heavy atom. The molecule has 0 saturated heterocycles. The zero-order valence-corrected chi connectivity index (χ0v) is 11.2. The molecule has 1 aromatic carbocycles. The molecule has 0 fully saturated rings. The number of benzene rings is 1. The summed E-state index contributed by atoms with van der Waals surface area (Å²) < 4.78 is 3.17. The van der Waals surface area contributed by atoms with Gasteiger partial charge < -0.3 is 5.32 Å². The van der Waals surface area contributed by atoms with E-state index in [2.05, 4.69) is 46.3 Å². The van der Waals surface area contributed by atoms with Crippen LogP contribution in [0.4, 0.5) is 0 Å². The Morgan fingerprint density at radius 1 is 1.33 bits per heavy atom. The average Bonchev–Trinajstić information content (AvgIpc) is 2.98. The smallest absolute Gasteiger partial charge is 0.0619 e. The molecule has 3 nitrogen and oxygen atoms in total. The molecule has 1 N–H and O–H groups in total. The minimum Gasteiger partial charge on any atom is -0.309 e. The van der Waals surface area contributed by atoms with Crippen molar-refractivity contribution in [2.45, 2.75) is 6.04 Å². The number of fused-ring (bicyclic) bond motifs is 1. The van der Waals surface area contributed by atoms with Gasteiger partial charge >= 0.3 is 0 Å². The predicted octanol–water partition coefficient (Wildman–Crippen LogP) is 2.94. The molecule has 3 rings (SSSR count). The number of thiophene rings is 1. The van der Waals surface area contributed by atoms with Crippen molar-refractivity contribution in [2.75, 3.05) is 7.05 Å². The summed E-state index contributed by atoms with van der Waals surface area (Å²) in [5.41, 5.74) is 2.52. The van der Waals surface area contributed by atoms with Gasteiger partial charge in [-0.2, -0.15) is 5.10 Å². The van der Waals surface area contributed by atoms with Gasteiger partial charge in [0, 0.05) is 23.5 Å². The van der Waals surface area contributed by atoms with Crippen LogP contribution < -0.4 is 5.32 Å². The van der Waals surface area contributed by atoms with Crippen molar-refractivity contribution in [1.82, 2.24) is 15.1 Å². The molecule has 0 aliphatic carbocycles. The zero-order chi connectivity index (χ0) is 12.5. The normalized spacial score (nSPS) is 13.0. The SMILES string of the molecule is CNC(c1cnn(C)c1)c1csc2ccccc12. The topological polar surface area (TPSA) is 29.9 Å². The highest BCUT2D eigenvalue weighted by Gasteiger charge is 2.17. The molecule has 0 radical (unpaired) electrons. The van der Waals surface area contributed by atoms with E-state index >= 15 is 0 Å². The maximum atomic E-state index is 4.26. The first-order chi connectivity index (χ1) is 8.79. The Bertz CT molecular complexity index is 668. The van der Waals surface area contributed by atoms with Gasteiger partial charge in [0.2, 0.25) is 0 Å². The van der Waals surface area contributed by atoms with E-state index in [1.54, 1.807) is 11.3 Å². The van der Waals surface area contributed by atoms with Crippen LogP contribution in [-0.2, 0) is 7.05 Å². The highest BCUT2D eigenvalue weighted by atomic mass is 32.1. The van der Waals surface area contributed by atoms with Crippen molar-refractivity contribution in [3.63, 3.8) is 0 Å². The fourth-order valence-corrected chi connectivity index (χ4v) is 3.30. The van der Waals surface area contributed by atoms with Crippen molar-refractivity contribution < 1.29 is 0 Å². The minimum absolute atomic E-state index is 0.204. The monoisotopic (exact) mass is 257 g/mol. The van der Waals surface area contributed by atoms with Crippen LogP contribution in [0.15, 0.2) is 42.0 Å². The van der Waals surface area contributed by atoms with Gasteiger partial charge in [-0.25, -0.2) is 0 Å². The van der Waals surface area contributed by atoms with Gasteiger partial charge in [-0.05, 0) is 29.4 Å². The van der Waals surface area contributed by atoms with Crippen molar-refractivity contribution >= 4 is 21.4 Å². The Hall–Kier alpha value is -1.65.